The highest BCUT2D eigenvalue weighted by atomic mass is 15.3. The van der Waals surface area contributed by atoms with Gasteiger partial charge in [-0.1, -0.05) is 54.6 Å². The van der Waals surface area contributed by atoms with E-state index < -0.39 is 0 Å². The van der Waals surface area contributed by atoms with Crippen LogP contribution < -0.4 is 4.90 Å². The van der Waals surface area contributed by atoms with E-state index >= 15 is 0 Å². The van der Waals surface area contributed by atoms with Crippen LogP contribution in [-0.4, -0.2) is 36.9 Å². The Balaban J connectivity index is 1.79. The Bertz CT molecular complexity index is 649. The van der Waals surface area contributed by atoms with Crippen molar-refractivity contribution in [3.05, 3.63) is 78.9 Å². The molecule has 118 valence electrons. The minimum absolute atomic E-state index is 0.826. The van der Waals surface area contributed by atoms with Crippen LogP contribution in [0.3, 0.4) is 0 Å². The lowest BCUT2D eigenvalue weighted by molar-refractivity contribution is 0.499. The van der Waals surface area contributed by atoms with E-state index in [-0.39, 0.29) is 0 Å². The molecule has 2 aromatic rings. The zero-order valence-electron chi connectivity index (χ0n) is 13.4. The second-order valence-electron chi connectivity index (χ2n) is 5.71. The quantitative estimate of drug-likeness (QED) is 0.728. The summed E-state index contributed by atoms with van der Waals surface area (Å²) in [4.78, 5) is 9.39. The molecule has 0 bridgehead atoms. The molecule has 0 saturated heterocycles. The first kappa shape index (κ1) is 15.3. The Hall–Kier alpha value is -2.55. The van der Waals surface area contributed by atoms with Gasteiger partial charge in [0.05, 0.1) is 13.1 Å². The zero-order chi connectivity index (χ0) is 15.9. The first-order chi connectivity index (χ1) is 11.4. The summed E-state index contributed by atoms with van der Waals surface area (Å²) >= 11 is 0. The van der Waals surface area contributed by atoms with E-state index in [1.807, 2.05) is 6.08 Å². The van der Waals surface area contributed by atoms with Gasteiger partial charge in [0.2, 0.25) is 0 Å². The van der Waals surface area contributed by atoms with Crippen molar-refractivity contribution in [1.29, 1.82) is 0 Å². The predicted molar refractivity (Wildman–Crippen MR) is 98.0 cm³/mol. The molecule has 1 aliphatic rings. The molecule has 2 aromatic carbocycles. The molecule has 1 heterocycles. The molecule has 0 atom stereocenters. The molecule has 1 aliphatic heterocycles. The number of amidine groups is 1. The molecule has 0 aliphatic carbocycles. The third-order valence-electron chi connectivity index (χ3n) is 4.05. The molecule has 3 heteroatoms. The monoisotopic (exact) mass is 305 g/mol. The molecule has 0 saturated carbocycles. The normalized spacial score (nSPS) is 13.7. The van der Waals surface area contributed by atoms with Gasteiger partial charge in [0.1, 0.15) is 5.84 Å². The van der Waals surface area contributed by atoms with E-state index in [4.69, 9.17) is 4.99 Å². The maximum Gasteiger partial charge on any atom is 0.119 e. The Labute approximate surface area is 138 Å². The highest BCUT2D eigenvalue weighted by Gasteiger charge is 2.19. The van der Waals surface area contributed by atoms with E-state index in [2.05, 4.69) is 77.0 Å². The maximum atomic E-state index is 4.70. The van der Waals surface area contributed by atoms with Crippen molar-refractivity contribution >= 4 is 11.5 Å². The molecule has 0 spiro atoms. The minimum Gasteiger partial charge on any atom is -0.360 e. The highest BCUT2D eigenvalue weighted by Crippen LogP contribution is 2.18. The second-order valence-corrected chi connectivity index (χ2v) is 5.71. The first-order valence-electron chi connectivity index (χ1n) is 8.10. The van der Waals surface area contributed by atoms with Crippen LogP contribution in [0.1, 0.15) is 5.56 Å². The average Bonchev–Trinajstić information content (AvgIpc) is 3.03. The molecule has 0 aromatic heterocycles. The van der Waals surface area contributed by atoms with E-state index in [0.717, 1.165) is 38.6 Å². The van der Waals surface area contributed by atoms with Crippen LogP contribution in [0.15, 0.2) is 78.3 Å². The van der Waals surface area contributed by atoms with Gasteiger partial charge >= 0.3 is 0 Å². The van der Waals surface area contributed by atoms with Crippen LogP contribution in [0.5, 0.6) is 0 Å². The van der Waals surface area contributed by atoms with Crippen LogP contribution in [0.25, 0.3) is 0 Å². The SMILES string of the molecule is C=CCN1CCN=C1CN(Cc1ccccc1)c1ccccc1. The fourth-order valence-electron chi connectivity index (χ4n) is 2.88. The lowest BCUT2D eigenvalue weighted by Crippen LogP contribution is -2.38. The van der Waals surface area contributed by atoms with Crippen molar-refractivity contribution in [3.8, 4) is 0 Å². The highest BCUT2D eigenvalue weighted by molar-refractivity contribution is 5.88. The molecule has 0 N–H and O–H groups in total. The Kier molecular flexibility index (Phi) is 5.09. The molecular formula is C20H23N3. The smallest absolute Gasteiger partial charge is 0.119 e. The number of anilines is 1. The van der Waals surface area contributed by atoms with Gasteiger partial charge in [-0.25, -0.2) is 0 Å². The van der Waals surface area contributed by atoms with Crippen molar-refractivity contribution < 1.29 is 0 Å². The molecule has 23 heavy (non-hydrogen) atoms. The standard InChI is InChI=1S/C20H23N3/c1-2-14-22-15-13-21-20(22)17-23(19-11-7-4-8-12-19)16-18-9-5-3-6-10-18/h2-12H,1,13-17H2. The van der Waals surface area contributed by atoms with Gasteiger partial charge in [-0.3, -0.25) is 4.99 Å². The second kappa shape index (κ2) is 7.63. The Morgan fingerprint density at radius 2 is 1.70 bits per heavy atom. The van der Waals surface area contributed by atoms with Crippen molar-refractivity contribution in [1.82, 2.24) is 4.90 Å². The van der Waals surface area contributed by atoms with Crippen molar-refractivity contribution in [2.24, 2.45) is 4.99 Å². The van der Waals surface area contributed by atoms with Crippen molar-refractivity contribution in [2.75, 3.05) is 31.1 Å². The summed E-state index contributed by atoms with van der Waals surface area (Å²) in [5.41, 5.74) is 2.54. The number of benzene rings is 2. The largest absolute Gasteiger partial charge is 0.360 e. The fraction of sp³-hybridized carbons (Fsp3) is 0.250. The van der Waals surface area contributed by atoms with E-state index in [0.29, 0.717) is 0 Å². The van der Waals surface area contributed by atoms with Gasteiger partial charge in [0.15, 0.2) is 0 Å². The third-order valence-corrected chi connectivity index (χ3v) is 4.05. The molecule has 3 rings (SSSR count). The summed E-state index contributed by atoms with van der Waals surface area (Å²) in [6, 6.07) is 21.2. The topological polar surface area (TPSA) is 18.8 Å². The maximum absolute atomic E-state index is 4.70. The van der Waals surface area contributed by atoms with Crippen LogP contribution in [-0.2, 0) is 6.54 Å². The van der Waals surface area contributed by atoms with Gasteiger partial charge in [0, 0.05) is 25.3 Å². The van der Waals surface area contributed by atoms with Crippen LogP contribution >= 0.6 is 0 Å². The van der Waals surface area contributed by atoms with Gasteiger partial charge in [-0.2, -0.15) is 0 Å². The molecule has 3 nitrogen and oxygen atoms in total. The number of rotatable bonds is 7. The van der Waals surface area contributed by atoms with E-state index in [9.17, 15) is 0 Å². The Morgan fingerprint density at radius 3 is 2.39 bits per heavy atom. The first-order valence-corrected chi connectivity index (χ1v) is 8.10. The van der Waals surface area contributed by atoms with Gasteiger partial charge in [-0.15, -0.1) is 6.58 Å². The van der Waals surface area contributed by atoms with E-state index in [1.165, 1.54) is 11.3 Å². The van der Waals surface area contributed by atoms with E-state index in [1.54, 1.807) is 0 Å². The van der Waals surface area contributed by atoms with Crippen LogP contribution in [0.4, 0.5) is 5.69 Å². The number of nitrogens with zero attached hydrogens (tertiary/aromatic N) is 3. The van der Waals surface area contributed by atoms with Crippen LogP contribution in [0.2, 0.25) is 0 Å². The van der Waals surface area contributed by atoms with Crippen molar-refractivity contribution in [2.45, 2.75) is 6.54 Å². The lowest BCUT2D eigenvalue weighted by atomic mass is 10.2. The molecule has 0 fully saturated rings. The average molecular weight is 305 g/mol. The summed E-state index contributed by atoms with van der Waals surface area (Å²) in [5.74, 6) is 1.16. The molecular weight excluding hydrogens is 282 g/mol. The summed E-state index contributed by atoms with van der Waals surface area (Å²) < 4.78 is 0. The summed E-state index contributed by atoms with van der Waals surface area (Å²) in [7, 11) is 0. The summed E-state index contributed by atoms with van der Waals surface area (Å²) in [6.07, 6.45) is 1.95. The Morgan fingerprint density at radius 1 is 1.00 bits per heavy atom. The van der Waals surface area contributed by atoms with Crippen LogP contribution in [0, 0.1) is 0 Å². The zero-order valence-corrected chi connectivity index (χ0v) is 13.4. The molecule has 0 unspecified atom stereocenters. The number of hydrogen-bond acceptors (Lipinski definition) is 3. The number of hydrogen-bond donors (Lipinski definition) is 0. The molecule has 0 radical (unpaired) electrons. The van der Waals surface area contributed by atoms with Crippen molar-refractivity contribution in [3.63, 3.8) is 0 Å². The fourth-order valence-corrected chi connectivity index (χ4v) is 2.88. The number of aliphatic imine (C=N–C) groups is 1. The minimum atomic E-state index is 0.826. The van der Waals surface area contributed by atoms with Gasteiger partial charge < -0.3 is 9.80 Å². The van der Waals surface area contributed by atoms with Gasteiger partial charge in [-0.05, 0) is 17.7 Å². The summed E-state index contributed by atoms with van der Waals surface area (Å²) in [6.45, 7) is 8.31. The molecule has 0 amide bonds. The third kappa shape index (κ3) is 4.01. The summed E-state index contributed by atoms with van der Waals surface area (Å²) in [5, 5.41) is 0. The lowest BCUT2D eigenvalue weighted by Gasteiger charge is -2.28. The number of para-hydroxylation sites is 1. The predicted octanol–water partition coefficient (Wildman–Crippen LogP) is 3.59. The van der Waals surface area contributed by atoms with Gasteiger partial charge in [0.25, 0.3) is 0 Å².